The van der Waals surface area contributed by atoms with E-state index in [1.165, 1.54) is 12.1 Å². The van der Waals surface area contributed by atoms with Crippen molar-refractivity contribution in [2.75, 3.05) is 0 Å². The third-order valence-electron chi connectivity index (χ3n) is 2.17. The molecular weight excluding hydrogens is 232 g/mol. The highest BCUT2D eigenvalue weighted by Crippen LogP contribution is 2.36. The number of aromatic hydroxyl groups is 2. The number of phenols is 2. The van der Waals surface area contributed by atoms with Crippen LogP contribution in [0.5, 0.6) is 11.5 Å². The van der Waals surface area contributed by atoms with Gasteiger partial charge in [0.2, 0.25) is 0 Å². The molecule has 1 aromatic carbocycles. The zero-order valence-electron chi connectivity index (χ0n) is 9.22. The number of phenolic OH excluding ortho intramolecular Hbond substituents is 2. The summed E-state index contributed by atoms with van der Waals surface area (Å²) < 4.78 is 30.5. The fourth-order valence-electron chi connectivity index (χ4n) is 1.30. The highest BCUT2D eigenvalue weighted by atomic mass is 32.2. The Kier molecular flexibility index (Phi) is 2.91. The quantitative estimate of drug-likeness (QED) is 0.655. The largest absolute Gasteiger partial charge is 0.506 e. The van der Waals surface area contributed by atoms with E-state index in [1.54, 1.807) is 0 Å². The van der Waals surface area contributed by atoms with Crippen LogP contribution in [0.25, 0.3) is 0 Å². The van der Waals surface area contributed by atoms with E-state index in [2.05, 4.69) is 0 Å². The third-order valence-corrected chi connectivity index (χ3v) is 3.11. The molecule has 1 rings (SSSR count). The molecule has 0 fully saturated rings. The standard InChI is InChI=1S/C10H14O5S/c1-10(2,3)6-4-7(11)9(8(12)5-6)16(13,14)15/h4-5,11-12H,1-3H3,(H,13,14,15). The SMILES string of the molecule is CC(C)(C)c1cc(O)c(S(=O)(=O)O)c(O)c1. The van der Waals surface area contributed by atoms with Gasteiger partial charge in [0.1, 0.15) is 11.5 Å². The fraction of sp³-hybridized carbons (Fsp3) is 0.400. The minimum Gasteiger partial charge on any atom is -0.506 e. The molecule has 0 amide bonds. The van der Waals surface area contributed by atoms with Crippen LogP contribution in [0.2, 0.25) is 0 Å². The van der Waals surface area contributed by atoms with Gasteiger partial charge in [-0.25, -0.2) is 0 Å². The summed E-state index contributed by atoms with van der Waals surface area (Å²) in [6.45, 7) is 5.52. The highest BCUT2D eigenvalue weighted by Gasteiger charge is 2.24. The lowest BCUT2D eigenvalue weighted by Crippen LogP contribution is -2.11. The van der Waals surface area contributed by atoms with Crippen molar-refractivity contribution in [3.05, 3.63) is 17.7 Å². The second-order valence-corrected chi connectivity index (χ2v) is 5.93. The molecule has 0 spiro atoms. The van der Waals surface area contributed by atoms with Crippen LogP contribution in [0.1, 0.15) is 26.3 Å². The lowest BCUT2D eigenvalue weighted by atomic mass is 9.87. The first-order chi connectivity index (χ1) is 7.03. The van der Waals surface area contributed by atoms with Gasteiger partial charge >= 0.3 is 10.1 Å². The molecule has 0 aromatic heterocycles. The average Bonchev–Trinajstić information content (AvgIpc) is 1.97. The van der Waals surface area contributed by atoms with E-state index in [4.69, 9.17) is 4.55 Å². The van der Waals surface area contributed by atoms with Gasteiger partial charge in [0, 0.05) is 0 Å². The van der Waals surface area contributed by atoms with Crippen molar-refractivity contribution in [2.24, 2.45) is 0 Å². The predicted octanol–water partition coefficient (Wildman–Crippen LogP) is 1.64. The smallest absolute Gasteiger partial charge is 0.301 e. The van der Waals surface area contributed by atoms with Crippen LogP contribution in [0.15, 0.2) is 17.0 Å². The van der Waals surface area contributed by atoms with Crippen molar-refractivity contribution >= 4 is 10.1 Å². The van der Waals surface area contributed by atoms with Crippen LogP contribution in [-0.4, -0.2) is 23.2 Å². The molecule has 3 N–H and O–H groups in total. The van der Waals surface area contributed by atoms with Crippen molar-refractivity contribution in [3.63, 3.8) is 0 Å². The van der Waals surface area contributed by atoms with E-state index >= 15 is 0 Å². The van der Waals surface area contributed by atoms with Gasteiger partial charge in [-0.15, -0.1) is 0 Å². The number of hydrogen-bond donors (Lipinski definition) is 3. The van der Waals surface area contributed by atoms with E-state index < -0.39 is 26.5 Å². The predicted molar refractivity (Wildman–Crippen MR) is 58.3 cm³/mol. The molecule has 0 bridgehead atoms. The van der Waals surface area contributed by atoms with Crippen LogP contribution in [0, 0.1) is 0 Å². The van der Waals surface area contributed by atoms with E-state index in [-0.39, 0.29) is 5.41 Å². The Hall–Kier alpha value is -1.27. The second kappa shape index (κ2) is 3.64. The Balaban J connectivity index is 3.53. The van der Waals surface area contributed by atoms with Crippen molar-refractivity contribution in [2.45, 2.75) is 31.1 Å². The Labute approximate surface area is 94.1 Å². The Morgan fingerprint density at radius 2 is 1.44 bits per heavy atom. The van der Waals surface area contributed by atoms with Gasteiger partial charge in [0.15, 0.2) is 4.90 Å². The monoisotopic (exact) mass is 246 g/mol. The van der Waals surface area contributed by atoms with Gasteiger partial charge in [-0.1, -0.05) is 20.8 Å². The first kappa shape index (κ1) is 12.8. The fourth-order valence-corrected chi connectivity index (χ4v) is 1.94. The molecule has 0 aliphatic heterocycles. The lowest BCUT2D eigenvalue weighted by molar-refractivity contribution is 0.406. The van der Waals surface area contributed by atoms with Crippen LogP contribution in [0.3, 0.4) is 0 Å². The van der Waals surface area contributed by atoms with Crippen molar-refractivity contribution in [1.29, 1.82) is 0 Å². The molecule has 5 nitrogen and oxygen atoms in total. The lowest BCUT2D eigenvalue weighted by Gasteiger charge is -2.20. The van der Waals surface area contributed by atoms with Crippen LogP contribution >= 0.6 is 0 Å². The Morgan fingerprint density at radius 3 is 1.69 bits per heavy atom. The van der Waals surface area contributed by atoms with Crippen LogP contribution in [-0.2, 0) is 15.5 Å². The van der Waals surface area contributed by atoms with Gasteiger partial charge in [0.05, 0.1) is 0 Å². The molecule has 0 aliphatic carbocycles. The number of hydrogen-bond acceptors (Lipinski definition) is 4. The third kappa shape index (κ3) is 2.45. The molecule has 16 heavy (non-hydrogen) atoms. The highest BCUT2D eigenvalue weighted by molar-refractivity contribution is 7.86. The topological polar surface area (TPSA) is 94.8 Å². The summed E-state index contributed by atoms with van der Waals surface area (Å²) in [5, 5.41) is 18.9. The molecule has 0 atom stereocenters. The summed E-state index contributed by atoms with van der Waals surface area (Å²) in [5.41, 5.74) is 0.210. The van der Waals surface area contributed by atoms with Crippen LogP contribution in [0.4, 0.5) is 0 Å². The van der Waals surface area contributed by atoms with Crippen LogP contribution < -0.4 is 0 Å². The first-order valence-corrected chi connectivity index (χ1v) is 6.01. The summed E-state index contributed by atoms with van der Waals surface area (Å²) in [6, 6.07) is 2.42. The maximum Gasteiger partial charge on any atom is 0.301 e. The number of benzene rings is 1. The summed E-state index contributed by atoms with van der Waals surface area (Å²) in [4.78, 5) is -0.861. The molecule has 0 saturated heterocycles. The molecule has 0 saturated carbocycles. The van der Waals surface area contributed by atoms with E-state index in [0.29, 0.717) is 5.56 Å². The minimum atomic E-state index is -4.63. The summed E-state index contributed by atoms with van der Waals surface area (Å²) in [6.07, 6.45) is 0. The summed E-state index contributed by atoms with van der Waals surface area (Å²) >= 11 is 0. The maximum atomic E-state index is 10.9. The molecule has 0 aliphatic rings. The van der Waals surface area contributed by atoms with Gasteiger partial charge in [0.25, 0.3) is 0 Å². The molecule has 90 valence electrons. The van der Waals surface area contributed by atoms with E-state index in [9.17, 15) is 18.6 Å². The normalized spacial score (nSPS) is 12.8. The molecule has 1 aromatic rings. The molecule has 6 heteroatoms. The van der Waals surface area contributed by atoms with Crippen molar-refractivity contribution in [1.82, 2.24) is 0 Å². The molecule has 0 radical (unpaired) electrons. The average molecular weight is 246 g/mol. The van der Waals surface area contributed by atoms with Crippen molar-refractivity contribution in [3.8, 4) is 11.5 Å². The maximum absolute atomic E-state index is 10.9. The first-order valence-electron chi connectivity index (χ1n) is 4.57. The van der Waals surface area contributed by atoms with E-state index in [0.717, 1.165) is 0 Å². The Morgan fingerprint density at radius 1 is 1.06 bits per heavy atom. The summed E-state index contributed by atoms with van der Waals surface area (Å²) in [5.74, 6) is -1.32. The molecule has 0 heterocycles. The number of rotatable bonds is 1. The molecule has 0 unspecified atom stereocenters. The van der Waals surface area contributed by atoms with Gasteiger partial charge in [-0.2, -0.15) is 8.42 Å². The van der Waals surface area contributed by atoms with E-state index in [1.807, 2.05) is 20.8 Å². The van der Waals surface area contributed by atoms with Gasteiger partial charge < -0.3 is 10.2 Å². The molecular formula is C10H14O5S. The van der Waals surface area contributed by atoms with Gasteiger partial charge in [-0.3, -0.25) is 4.55 Å². The van der Waals surface area contributed by atoms with Crippen molar-refractivity contribution < 1.29 is 23.2 Å². The Bertz CT molecular complexity index is 487. The second-order valence-electron chi connectivity index (χ2n) is 4.57. The van der Waals surface area contributed by atoms with Gasteiger partial charge in [-0.05, 0) is 23.1 Å². The zero-order valence-corrected chi connectivity index (χ0v) is 10.0. The summed E-state index contributed by atoms with van der Waals surface area (Å²) in [7, 11) is -4.63. The minimum absolute atomic E-state index is 0.354. The zero-order chi connectivity index (χ0) is 12.7.